The number of ether oxygens (including phenoxy) is 1. The van der Waals surface area contributed by atoms with Crippen LogP contribution in [-0.4, -0.2) is 12.9 Å². The minimum atomic E-state index is 0.0391. The second-order valence-corrected chi connectivity index (χ2v) is 5.93. The third-order valence-electron chi connectivity index (χ3n) is 4.93. The van der Waals surface area contributed by atoms with Crippen LogP contribution in [0.2, 0.25) is 0 Å². The molecule has 2 aliphatic carbocycles. The smallest absolute Gasteiger partial charge is 0.133 e. The molecule has 0 bridgehead atoms. The van der Waals surface area contributed by atoms with Crippen LogP contribution in [0.4, 0.5) is 0 Å². The molecule has 2 atom stereocenters. The van der Waals surface area contributed by atoms with Gasteiger partial charge in [0, 0.05) is 18.3 Å². The Morgan fingerprint density at radius 2 is 2.06 bits per heavy atom. The van der Waals surface area contributed by atoms with Gasteiger partial charge in [-0.25, -0.2) is 0 Å². The van der Waals surface area contributed by atoms with Crippen molar-refractivity contribution in [3.8, 4) is 5.75 Å². The Bertz CT molecular complexity index is 492. The van der Waals surface area contributed by atoms with E-state index in [1.165, 1.54) is 17.5 Å². The maximum atomic E-state index is 11.9. The maximum Gasteiger partial charge on any atom is 0.133 e. The Morgan fingerprint density at radius 3 is 2.83 bits per heavy atom. The molecule has 18 heavy (non-hydrogen) atoms. The van der Waals surface area contributed by atoms with Crippen molar-refractivity contribution in [1.82, 2.24) is 0 Å². The van der Waals surface area contributed by atoms with Crippen LogP contribution >= 0.6 is 0 Å². The van der Waals surface area contributed by atoms with E-state index in [1.54, 1.807) is 7.11 Å². The van der Waals surface area contributed by atoms with Gasteiger partial charge in [0.15, 0.2) is 0 Å². The van der Waals surface area contributed by atoms with Crippen LogP contribution in [0, 0.1) is 5.92 Å². The molecule has 1 aromatic carbocycles. The third-order valence-corrected chi connectivity index (χ3v) is 4.93. The van der Waals surface area contributed by atoms with Crippen LogP contribution in [0.1, 0.15) is 43.7 Å². The Balaban J connectivity index is 2.09. The Labute approximate surface area is 108 Å². The van der Waals surface area contributed by atoms with Crippen molar-refractivity contribution < 1.29 is 9.53 Å². The molecule has 2 heteroatoms. The number of hydrogen-bond acceptors (Lipinski definition) is 2. The molecule has 0 aromatic heterocycles. The van der Waals surface area contributed by atoms with Crippen LogP contribution in [0.3, 0.4) is 0 Å². The number of hydrogen-bond donors (Lipinski definition) is 0. The average molecular weight is 244 g/mol. The Kier molecular flexibility index (Phi) is 2.69. The quantitative estimate of drug-likeness (QED) is 0.758. The molecule has 0 saturated heterocycles. The summed E-state index contributed by atoms with van der Waals surface area (Å²) >= 11 is 0. The Morgan fingerprint density at radius 1 is 1.28 bits per heavy atom. The molecule has 3 rings (SSSR count). The first-order chi connectivity index (χ1) is 8.63. The van der Waals surface area contributed by atoms with Crippen LogP contribution in [0.15, 0.2) is 18.2 Å². The molecule has 1 saturated carbocycles. The SMILES string of the molecule is COc1ccc2c(c1)[C@@]1(C)CC(=O)CC[C@@H]1CC2. The van der Waals surface area contributed by atoms with E-state index in [0.29, 0.717) is 18.1 Å². The molecule has 0 aliphatic heterocycles. The van der Waals surface area contributed by atoms with Crippen molar-refractivity contribution in [1.29, 1.82) is 0 Å². The molecule has 2 aliphatic rings. The number of carbonyl (C=O) groups is 1. The summed E-state index contributed by atoms with van der Waals surface area (Å²) in [7, 11) is 1.70. The molecule has 2 nitrogen and oxygen atoms in total. The summed E-state index contributed by atoms with van der Waals surface area (Å²) in [5, 5.41) is 0. The molecular weight excluding hydrogens is 224 g/mol. The molecule has 96 valence electrons. The summed E-state index contributed by atoms with van der Waals surface area (Å²) in [5.74, 6) is 1.99. The summed E-state index contributed by atoms with van der Waals surface area (Å²) in [6.45, 7) is 2.27. The van der Waals surface area contributed by atoms with E-state index < -0.39 is 0 Å². The highest BCUT2D eigenvalue weighted by molar-refractivity contribution is 5.81. The van der Waals surface area contributed by atoms with Crippen molar-refractivity contribution in [2.75, 3.05) is 7.11 Å². The zero-order chi connectivity index (χ0) is 12.8. The number of benzene rings is 1. The first kappa shape index (κ1) is 11.8. The van der Waals surface area contributed by atoms with Crippen molar-refractivity contribution >= 4 is 5.78 Å². The van der Waals surface area contributed by atoms with Crippen molar-refractivity contribution in [2.45, 2.75) is 44.4 Å². The lowest BCUT2D eigenvalue weighted by atomic mass is 9.58. The standard InChI is InChI=1S/C16H20O2/c1-16-10-13(17)7-6-12(16)5-3-11-4-8-14(18-2)9-15(11)16/h4,8-9,12H,3,5-7,10H2,1-2H3/t12-,16-/m0/s1. The molecule has 1 fully saturated rings. The first-order valence-corrected chi connectivity index (χ1v) is 6.82. The number of rotatable bonds is 1. The van der Waals surface area contributed by atoms with Crippen molar-refractivity contribution in [2.24, 2.45) is 5.92 Å². The highest BCUT2D eigenvalue weighted by Gasteiger charge is 2.44. The summed E-state index contributed by atoms with van der Waals surface area (Å²) in [6, 6.07) is 6.36. The van der Waals surface area contributed by atoms with Gasteiger partial charge in [0.05, 0.1) is 7.11 Å². The molecule has 0 amide bonds. The normalized spacial score (nSPS) is 30.6. The lowest BCUT2D eigenvalue weighted by Crippen LogP contribution is -2.42. The van der Waals surface area contributed by atoms with E-state index in [1.807, 2.05) is 6.07 Å². The van der Waals surface area contributed by atoms with Gasteiger partial charge in [-0.3, -0.25) is 4.79 Å². The van der Waals surface area contributed by atoms with Gasteiger partial charge in [-0.15, -0.1) is 0 Å². The molecule has 1 aromatic rings. The predicted octanol–water partition coefficient (Wildman–Crippen LogP) is 3.27. The van der Waals surface area contributed by atoms with Crippen LogP contribution in [-0.2, 0) is 16.6 Å². The van der Waals surface area contributed by atoms with Gasteiger partial charge in [-0.1, -0.05) is 13.0 Å². The largest absolute Gasteiger partial charge is 0.497 e. The van der Waals surface area contributed by atoms with Gasteiger partial charge in [0.1, 0.15) is 11.5 Å². The van der Waals surface area contributed by atoms with Gasteiger partial charge in [0.2, 0.25) is 0 Å². The summed E-state index contributed by atoms with van der Waals surface area (Å²) in [6.07, 6.45) is 4.92. The van der Waals surface area contributed by atoms with Crippen LogP contribution in [0.25, 0.3) is 0 Å². The highest BCUT2D eigenvalue weighted by atomic mass is 16.5. The monoisotopic (exact) mass is 244 g/mol. The van der Waals surface area contributed by atoms with Crippen molar-refractivity contribution in [3.05, 3.63) is 29.3 Å². The summed E-state index contributed by atoms with van der Waals surface area (Å²) in [4.78, 5) is 11.9. The molecule has 0 N–H and O–H groups in total. The molecule has 0 heterocycles. The summed E-state index contributed by atoms with van der Waals surface area (Å²) < 4.78 is 5.35. The number of ketones is 1. The Hall–Kier alpha value is -1.31. The van der Waals surface area contributed by atoms with E-state index >= 15 is 0 Å². The fourth-order valence-corrected chi connectivity index (χ4v) is 3.84. The van der Waals surface area contributed by atoms with Gasteiger partial charge < -0.3 is 4.74 Å². The average Bonchev–Trinajstić information content (AvgIpc) is 2.37. The fourth-order valence-electron chi connectivity index (χ4n) is 3.84. The predicted molar refractivity (Wildman–Crippen MR) is 71.0 cm³/mol. The minimum Gasteiger partial charge on any atom is -0.497 e. The molecule has 0 radical (unpaired) electrons. The number of methoxy groups -OCH3 is 1. The number of fused-ring (bicyclic) bond motifs is 3. The minimum absolute atomic E-state index is 0.0391. The third kappa shape index (κ3) is 1.66. The fraction of sp³-hybridized carbons (Fsp3) is 0.562. The number of carbonyl (C=O) groups excluding carboxylic acids is 1. The van der Waals surface area contributed by atoms with Gasteiger partial charge >= 0.3 is 0 Å². The zero-order valence-corrected chi connectivity index (χ0v) is 11.2. The zero-order valence-electron chi connectivity index (χ0n) is 11.2. The second-order valence-electron chi connectivity index (χ2n) is 5.93. The number of Topliss-reactive ketones (excluding diaryl/α,β-unsaturated/α-hetero) is 1. The number of aryl methyl sites for hydroxylation is 1. The van der Waals surface area contributed by atoms with Gasteiger partial charge in [-0.2, -0.15) is 0 Å². The lowest BCUT2D eigenvalue weighted by Gasteiger charge is -2.45. The molecule has 0 spiro atoms. The van der Waals surface area contributed by atoms with Crippen molar-refractivity contribution in [3.63, 3.8) is 0 Å². The van der Waals surface area contributed by atoms with Gasteiger partial charge in [0.25, 0.3) is 0 Å². The van der Waals surface area contributed by atoms with Gasteiger partial charge in [-0.05, 0) is 48.4 Å². The molecule has 0 unspecified atom stereocenters. The highest BCUT2D eigenvalue weighted by Crippen LogP contribution is 2.49. The van der Waals surface area contributed by atoms with E-state index in [0.717, 1.165) is 25.0 Å². The lowest BCUT2D eigenvalue weighted by molar-refractivity contribution is -0.123. The van der Waals surface area contributed by atoms with Crippen LogP contribution < -0.4 is 4.74 Å². The topological polar surface area (TPSA) is 26.3 Å². The van der Waals surface area contributed by atoms with E-state index in [4.69, 9.17) is 4.74 Å². The summed E-state index contributed by atoms with van der Waals surface area (Å²) in [5.41, 5.74) is 2.80. The van der Waals surface area contributed by atoms with Crippen LogP contribution in [0.5, 0.6) is 5.75 Å². The second kappa shape index (κ2) is 4.11. The van der Waals surface area contributed by atoms with E-state index in [2.05, 4.69) is 19.1 Å². The van der Waals surface area contributed by atoms with E-state index in [-0.39, 0.29) is 5.41 Å². The van der Waals surface area contributed by atoms with E-state index in [9.17, 15) is 4.79 Å². The molecular formula is C16H20O2. The maximum absolute atomic E-state index is 11.9. The first-order valence-electron chi connectivity index (χ1n) is 6.82.